The van der Waals surface area contributed by atoms with E-state index in [9.17, 15) is 9.59 Å². The molecule has 0 amide bonds. The molecule has 0 unspecified atom stereocenters. The third-order valence-corrected chi connectivity index (χ3v) is 5.66. The number of carbonyl (C=O) groups is 2. The molecule has 2 aromatic rings. The average Bonchev–Trinajstić information content (AvgIpc) is 2.80. The first kappa shape index (κ1) is 24.8. The third kappa shape index (κ3) is 5.75. The van der Waals surface area contributed by atoms with Crippen LogP contribution < -0.4 is 0 Å². The Bertz CT molecular complexity index is 1040. The number of halogens is 1. The van der Waals surface area contributed by atoms with Crippen LogP contribution in [0.15, 0.2) is 48.2 Å². The number of cyclic esters (lactones) is 1. The summed E-state index contributed by atoms with van der Waals surface area (Å²) in [6, 6.07) is 13.7. The lowest BCUT2D eigenvalue weighted by Crippen LogP contribution is -2.34. The zero-order valence-electron chi connectivity index (χ0n) is 19.4. The van der Waals surface area contributed by atoms with Gasteiger partial charge in [0.05, 0.1) is 12.0 Å². The molecular weight excluding hydrogens is 444 g/mol. The van der Waals surface area contributed by atoms with Gasteiger partial charge in [-0.3, -0.25) is 0 Å². The van der Waals surface area contributed by atoms with Gasteiger partial charge in [0, 0.05) is 17.2 Å². The molecule has 0 fully saturated rings. The van der Waals surface area contributed by atoms with Gasteiger partial charge in [-0.1, -0.05) is 54.9 Å². The van der Waals surface area contributed by atoms with E-state index in [0.717, 1.165) is 16.7 Å². The van der Waals surface area contributed by atoms with Crippen molar-refractivity contribution in [2.24, 2.45) is 5.41 Å². The number of benzene rings is 2. The van der Waals surface area contributed by atoms with Crippen LogP contribution in [0, 0.1) is 5.41 Å². The van der Waals surface area contributed by atoms with Gasteiger partial charge in [0.2, 0.25) is 0 Å². The number of hydrogen-bond acceptors (Lipinski definition) is 6. The third-order valence-electron chi connectivity index (χ3n) is 5.36. The first-order valence-corrected chi connectivity index (χ1v) is 11.4. The molecule has 3 rings (SSSR count). The SMILES string of the molecule is CCOCCOC(=O)OC1=C(c2c(Cl)cc(-c3ccccc3)cc2CC)C(=O)OCC1(C)C. The van der Waals surface area contributed by atoms with E-state index in [1.54, 1.807) is 0 Å². The zero-order chi connectivity index (χ0) is 24.0. The highest BCUT2D eigenvalue weighted by atomic mass is 35.5. The summed E-state index contributed by atoms with van der Waals surface area (Å²) in [6.45, 7) is 8.39. The van der Waals surface area contributed by atoms with Crippen LogP contribution >= 0.6 is 11.6 Å². The Morgan fingerprint density at radius 3 is 2.48 bits per heavy atom. The van der Waals surface area contributed by atoms with Crippen molar-refractivity contribution in [2.75, 3.05) is 26.4 Å². The van der Waals surface area contributed by atoms with Gasteiger partial charge < -0.3 is 18.9 Å². The largest absolute Gasteiger partial charge is 0.513 e. The summed E-state index contributed by atoms with van der Waals surface area (Å²) in [4.78, 5) is 25.4. The van der Waals surface area contributed by atoms with Crippen LogP contribution in [0.2, 0.25) is 5.02 Å². The quantitative estimate of drug-likeness (QED) is 0.344. The Hall–Kier alpha value is -2.83. The molecular formula is C26H29ClO6. The second-order valence-electron chi connectivity index (χ2n) is 8.27. The first-order chi connectivity index (χ1) is 15.8. The molecule has 6 nitrogen and oxygen atoms in total. The highest BCUT2D eigenvalue weighted by molar-refractivity contribution is 6.35. The molecule has 0 N–H and O–H groups in total. The van der Waals surface area contributed by atoms with Gasteiger partial charge >= 0.3 is 12.1 Å². The van der Waals surface area contributed by atoms with Gasteiger partial charge in [-0.15, -0.1) is 0 Å². The minimum atomic E-state index is -0.903. The van der Waals surface area contributed by atoms with Crippen molar-refractivity contribution in [1.29, 1.82) is 0 Å². The fourth-order valence-electron chi connectivity index (χ4n) is 3.68. The van der Waals surface area contributed by atoms with Crippen LogP contribution in [0.4, 0.5) is 4.79 Å². The Labute approximate surface area is 199 Å². The molecule has 2 aromatic carbocycles. The molecule has 1 heterocycles. The summed E-state index contributed by atoms with van der Waals surface area (Å²) in [5.41, 5.74) is 2.69. The van der Waals surface area contributed by atoms with Crippen molar-refractivity contribution in [3.63, 3.8) is 0 Å². The number of aryl methyl sites for hydroxylation is 1. The van der Waals surface area contributed by atoms with Gasteiger partial charge in [-0.05, 0) is 49.9 Å². The fraction of sp³-hybridized carbons (Fsp3) is 0.385. The maximum atomic E-state index is 13.0. The van der Waals surface area contributed by atoms with Gasteiger partial charge in [0.15, 0.2) is 0 Å². The number of esters is 1. The van der Waals surface area contributed by atoms with Crippen molar-refractivity contribution in [3.8, 4) is 11.1 Å². The van der Waals surface area contributed by atoms with E-state index in [4.69, 9.17) is 30.5 Å². The molecule has 33 heavy (non-hydrogen) atoms. The minimum absolute atomic E-state index is 0.0485. The molecule has 7 heteroatoms. The predicted octanol–water partition coefficient (Wildman–Crippen LogP) is 6.05. The summed E-state index contributed by atoms with van der Waals surface area (Å²) in [5, 5.41) is 0.378. The first-order valence-electron chi connectivity index (χ1n) is 11.0. The van der Waals surface area contributed by atoms with Crippen molar-refractivity contribution in [2.45, 2.75) is 34.1 Å². The van der Waals surface area contributed by atoms with Crippen LogP contribution in [0.3, 0.4) is 0 Å². The molecule has 0 spiro atoms. The molecule has 176 valence electrons. The Morgan fingerprint density at radius 1 is 1.09 bits per heavy atom. The number of carbonyl (C=O) groups excluding carboxylic acids is 2. The van der Waals surface area contributed by atoms with Gasteiger partial charge in [0.1, 0.15) is 24.5 Å². The van der Waals surface area contributed by atoms with E-state index >= 15 is 0 Å². The molecule has 0 radical (unpaired) electrons. The lowest BCUT2D eigenvalue weighted by molar-refractivity contribution is -0.141. The van der Waals surface area contributed by atoms with Crippen LogP contribution in [0.1, 0.15) is 38.8 Å². The van der Waals surface area contributed by atoms with E-state index in [-0.39, 0.29) is 31.2 Å². The summed E-state index contributed by atoms with van der Waals surface area (Å²) in [5.74, 6) is -0.403. The van der Waals surface area contributed by atoms with Crippen molar-refractivity contribution in [3.05, 3.63) is 64.4 Å². The number of rotatable bonds is 8. The van der Waals surface area contributed by atoms with E-state index in [2.05, 4.69) is 0 Å². The van der Waals surface area contributed by atoms with Gasteiger partial charge in [0.25, 0.3) is 0 Å². The summed E-state index contributed by atoms with van der Waals surface area (Å²) in [6.07, 6.45) is -0.293. The monoisotopic (exact) mass is 472 g/mol. The summed E-state index contributed by atoms with van der Waals surface area (Å²) >= 11 is 6.74. The topological polar surface area (TPSA) is 71.1 Å². The molecule has 0 saturated heterocycles. The lowest BCUT2D eigenvalue weighted by Gasteiger charge is -2.33. The molecule has 0 atom stereocenters. The van der Waals surface area contributed by atoms with E-state index in [1.807, 2.05) is 70.2 Å². The second-order valence-corrected chi connectivity index (χ2v) is 8.68. The fourth-order valence-corrected chi connectivity index (χ4v) is 4.01. The van der Waals surface area contributed by atoms with Crippen LogP contribution in [0.25, 0.3) is 16.7 Å². The van der Waals surface area contributed by atoms with Crippen molar-refractivity contribution >= 4 is 29.3 Å². The average molecular weight is 473 g/mol. The molecule has 0 saturated carbocycles. The van der Waals surface area contributed by atoms with E-state index < -0.39 is 17.5 Å². The molecule has 0 aliphatic carbocycles. The minimum Gasteiger partial charge on any atom is -0.461 e. The molecule has 0 aromatic heterocycles. The Balaban J connectivity index is 2.07. The second kappa shape index (κ2) is 10.9. The van der Waals surface area contributed by atoms with Crippen LogP contribution in [-0.2, 0) is 30.2 Å². The van der Waals surface area contributed by atoms with Crippen LogP contribution in [-0.4, -0.2) is 38.6 Å². The highest BCUT2D eigenvalue weighted by Gasteiger charge is 2.41. The normalized spacial score (nSPS) is 15.2. The maximum absolute atomic E-state index is 13.0. The smallest absolute Gasteiger partial charge is 0.461 e. The molecule has 1 aliphatic rings. The zero-order valence-corrected chi connectivity index (χ0v) is 20.2. The molecule has 0 bridgehead atoms. The van der Waals surface area contributed by atoms with E-state index in [1.165, 1.54) is 0 Å². The van der Waals surface area contributed by atoms with Gasteiger partial charge in [-0.2, -0.15) is 0 Å². The lowest BCUT2D eigenvalue weighted by atomic mass is 9.83. The number of hydrogen-bond donors (Lipinski definition) is 0. The Kier molecular flexibility index (Phi) is 8.16. The summed E-state index contributed by atoms with van der Waals surface area (Å²) < 4.78 is 21.3. The van der Waals surface area contributed by atoms with Crippen LogP contribution in [0.5, 0.6) is 0 Å². The Morgan fingerprint density at radius 2 is 1.82 bits per heavy atom. The number of ether oxygens (including phenoxy) is 4. The van der Waals surface area contributed by atoms with Gasteiger partial charge in [-0.25, -0.2) is 9.59 Å². The van der Waals surface area contributed by atoms with E-state index in [0.29, 0.717) is 23.6 Å². The summed E-state index contributed by atoms with van der Waals surface area (Å²) in [7, 11) is 0. The standard InChI is InChI=1S/C26H29ClO6/c1-5-17-14-19(18-10-8-7-9-11-18)15-20(27)21(17)22-23(26(3,4)16-32-24(22)28)33-25(29)31-13-12-30-6-2/h7-11,14-15H,5-6,12-13,16H2,1-4H3. The highest BCUT2D eigenvalue weighted by Crippen LogP contribution is 2.43. The predicted molar refractivity (Wildman–Crippen MR) is 127 cm³/mol. The maximum Gasteiger partial charge on any atom is 0.513 e. The molecule has 1 aliphatic heterocycles. The van der Waals surface area contributed by atoms with Crippen molar-refractivity contribution in [1.82, 2.24) is 0 Å². The van der Waals surface area contributed by atoms with Crippen molar-refractivity contribution < 1.29 is 28.5 Å².